The summed E-state index contributed by atoms with van der Waals surface area (Å²) in [6.07, 6.45) is -0.525. The smallest absolute Gasteiger partial charge is 0.373 e. The molecular formula is C15H16O5. The second-order valence-corrected chi connectivity index (χ2v) is 4.23. The Labute approximate surface area is 116 Å². The van der Waals surface area contributed by atoms with Crippen LogP contribution < -0.4 is 4.74 Å². The lowest BCUT2D eigenvalue weighted by Gasteiger charge is -2.11. The van der Waals surface area contributed by atoms with Crippen molar-refractivity contribution in [1.29, 1.82) is 0 Å². The zero-order valence-electron chi connectivity index (χ0n) is 11.3. The zero-order valence-corrected chi connectivity index (χ0v) is 11.3. The highest BCUT2D eigenvalue weighted by atomic mass is 16.5. The van der Waals surface area contributed by atoms with Gasteiger partial charge in [0.25, 0.3) is 0 Å². The molecule has 0 amide bonds. The van der Waals surface area contributed by atoms with Crippen LogP contribution in [-0.2, 0) is 11.2 Å². The molecule has 1 heterocycles. The van der Waals surface area contributed by atoms with Crippen molar-refractivity contribution in [2.75, 3.05) is 14.2 Å². The maximum absolute atomic E-state index is 11.3. The predicted octanol–water partition coefficient (Wildman–Crippen LogP) is 2.35. The highest BCUT2D eigenvalue weighted by Crippen LogP contribution is 2.26. The van der Waals surface area contributed by atoms with E-state index in [9.17, 15) is 9.90 Å². The number of methoxy groups -OCH3 is 2. The Bertz CT molecular complexity index is 587. The van der Waals surface area contributed by atoms with E-state index in [1.54, 1.807) is 13.2 Å². The van der Waals surface area contributed by atoms with Crippen molar-refractivity contribution in [3.63, 3.8) is 0 Å². The topological polar surface area (TPSA) is 68.9 Å². The first-order chi connectivity index (χ1) is 9.65. The predicted molar refractivity (Wildman–Crippen MR) is 71.7 cm³/mol. The highest BCUT2D eigenvalue weighted by Gasteiger charge is 2.18. The number of benzene rings is 1. The first kappa shape index (κ1) is 14.1. The van der Waals surface area contributed by atoms with E-state index in [0.29, 0.717) is 17.9 Å². The van der Waals surface area contributed by atoms with Gasteiger partial charge in [0.2, 0.25) is 5.76 Å². The number of aliphatic hydroxyl groups is 1. The first-order valence-electron chi connectivity index (χ1n) is 6.13. The molecule has 1 aromatic heterocycles. The molecule has 1 atom stereocenters. The number of hydrogen-bond acceptors (Lipinski definition) is 5. The molecule has 5 heteroatoms. The van der Waals surface area contributed by atoms with Gasteiger partial charge in [-0.3, -0.25) is 0 Å². The SMILES string of the molecule is COC(=O)c1ccc(C(O)Cc2ccccc2OC)o1. The molecule has 1 N–H and O–H groups in total. The summed E-state index contributed by atoms with van der Waals surface area (Å²) in [4.78, 5) is 11.3. The fraction of sp³-hybridized carbons (Fsp3) is 0.267. The molecule has 1 aromatic carbocycles. The molecule has 0 saturated carbocycles. The molecule has 20 heavy (non-hydrogen) atoms. The van der Waals surface area contributed by atoms with Crippen LogP contribution >= 0.6 is 0 Å². The van der Waals surface area contributed by atoms with Crippen LogP contribution in [0.25, 0.3) is 0 Å². The van der Waals surface area contributed by atoms with Gasteiger partial charge in [-0.05, 0) is 23.8 Å². The van der Waals surface area contributed by atoms with Gasteiger partial charge in [0.1, 0.15) is 17.6 Å². The fourth-order valence-corrected chi connectivity index (χ4v) is 1.92. The molecule has 1 unspecified atom stereocenters. The number of furan rings is 1. The van der Waals surface area contributed by atoms with E-state index < -0.39 is 12.1 Å². The van der Waals surface area contributed by atoms with Gasteiger partial charge in [-0.15, -0.1) is 0 Å². The Kier molecular flexibility index (Phi) is 4.42. The van der Waals surface area contributed by atoms with Gasteiger partial charge in [0.15, 0.2) is 0 Å². The second kappa shape index (κ2) is 6.25. The Morgan fingerprint density at radius 3 is 2.70 bits per heavy atom. The van der Waals surface area contributed by atoms with Gasteiger partial charge in [0, 0.05) is 6.42 Å². The van der Waals surface area contributed by atoms with E-state index in [2.05, 4.69) is 4.74 Å². The molecular weight excluding hydrogens is 260 g/mol. The molecule has 2 rings (SSSR count). The molecule has 0 saturated heterocycles. The summed E-state index contributed by atoms with van der Waals surface area (Å²) < 4.78 is 15.1. The van der Waals surface area contributed by atoms with E-state index in [0.717, 1.165) is 5.56 Å². The lowest BCUT2D eigenvalue weighted by Crippen LogP contribution is -2.03. The third kappa shape index (κ3) is 3.00. The molecule has 0 fully saturated rings. The Hall–Kier alpha value is -2.27. The number of carbonyl (C=O) groups excluding carboxylic acids is 1. The average Bonchev–Trinajstić information content (AvgIpc) is 2.97. The summed E-state index contributed by atoms with van der Waals surface area (Å²) in [5, 5.41) is 10.2. The summed E-state index contributed by atoms with van der Waals surface area (Å²) in [6.45, 7) is 0. The minimum Gasteiger partial charge on any atom is -0.496 e. The highest BCUT2D eigenvalue weighted by molar-refractivity contribution is 5.86. The number of esters is 1. The maximum Gasteiger partial charge on any atom is 0.373 e. The zero-order chi connectivity index (χ0) is 14.5. The molecule has 2 aromatic rings. The van der Waals surface area contributed by atoms with Crippen molar-refractivity contribution in [2.24, 2.45) is 0 Å². The van der Waals surface area contributed by atoms with E-state index in [1.807, 2.05) is 24.3 Å². The number of aliphatic hydroxyl groups excluding tert-OH is 1. The van der Waals surface area contributed by atoms with E-state index >= 15 is 0 Å². The summed E-state index contributed by atoms with van der Waals surface area (Å²) in [5.74, 6) is 0.518. The van der Waals surface area contributed by atoms with Crippen LogP contribution in [0.5, 0.6) is 5.75 Å². The van der Waals surface area contributed by atoms with Gasteiger partial charge < -0.3 is 19.0 Å². The number of hydrogen-bond donors (Lipinski definition) is 1. The Morgan fingerprint density at radius 1 is 1.25 bits per heavy atom. The van der Waals surface area contributed by atoms with Crippen molar-refractivity contribution in [3.8, 4) is 5.75 Å². The summed E-state index contributed by atoms with van der Waals surface area (Å²) >= 11 is 0. The maximum atomic E-state index is 11.3. The van der Waals surface area contributed by atoms with Crippen molar-refractivity contribution >= 4 is 5.97 Å². The van der Waals surface area contributed by atoms with Crippen LogP contribution in [0.3, 0.4) is 0 Å². The molecule has 5 nitrogen and oxygen atoms in total. The van der Waals surface area contributed by atoms with Gasteiger partial charge >= 0.3 is 5.97 Å². The van der Waals surface area contributed by atoms with Gasteiger partial charge in [-0.25, -0.2) is 4.79 Å². The van der Waals surface area contributed by atoms with Gasteiger partial charge in [-0.1, -0.05) is 18.2 Å². The van der Waals surface area contributed by atoms with Crippen molar-refractivity contribution in [2.45, 2.75) is 12.5 Å². The average molecular weight is 276 g/mol. The number of carbonyl (C=O) groups is 1. The van der Waals surface area contributed by atoms with E-state index in [4.69, 9.17) is 9.15 Å². The van der Waals surface area contributed by atoms with Crippen LogP contribution in [0.4, 0.5) is 0 Å². The second-order valence-electron chi connectivity index (χ2n) is 4.23. The molecule has 0 bridgehead atoms. The normalized spacial score (nSPS) is 11.9. The first-order valence-corrected chi connectivity index (χ1v) is 6.13. The van der Waals surface area contributed by atoms with Gasteiger partial charge in [0.05, 0.1) is 14.2 Å². The van der Waals surface area contributed by atoms with Crippen LogP contribution in [0.1, 0.15) is 28.0 Å². The van der Waals surface area contributed by atoms with Crippen LogP contribution in [-0.4, -0.2) is 25.3 Å². The molecule has 106 valence electrons. The van der Waals surface area contributed by atoms with Crippen LogP contribution in [0, 0.1) is 0 Å². The quantitative estimate of drug-likeness (QED) is 0.849. The third-order valence-corrected chi connectivity index (χ3v) is 2.95. The Morgan fingerprint density at radius 2 is 2.00 bits per heavy atom. The van der Waals surface area contributed by atoms with Gasteiger partial charge in [-0.2, -0.15) is 0 Å². The number of ether oxygens (including phenoxy) is 2. The van der Waals surface area contributed by atoms with Crippen molar-refractivity contribution in [1.82, 2.24) is 0 Å². The molecule has 0 spiro atoms. The number of para-hydroxylation sites is 1. The third-order valence-electron chi connectivity index (χ3n) is 2.95. The molecule has 0 aliphatic heterocycles. The molecule has 0 radical (unpaired) electrons. The molecule has 0 aliphatic rings. The minimum atomic E-state index is -0.857. The van der Waals surface area contributed by atoms with Crippen molar-refractivity contribution in [3.05, 3.63) is 53.5 Å². The van der Waals surface area contributed by atoms with Crippen molar-refractivity contribution < 1.29 is 23.8 Å². The largest absolute Gasteiger partial charge is 0.496 e. The Balaban J connectivity index is 2.13. The summed E-state index contributed by atoms with van der Waals surface area (Å²) in [6, 6.07) is 10.5. The summed E-state index contributed by atoms with van der Waals surface area (Å²) in [7, 11) is 2.85. The monoisotopic (exact) mass is 276 g/mol. The fourth-order valence-electron chi connectivity index (χ4n) is 1.92. The van der Waals surface area contributed by atoms with E-state index in [-0.39, 0.29) is 5.76 Å². The van der Waals surface area contributed by atoms with Crippen LogP contribution in [0.2, 0.25) is 0 Å². The lowest BCUT2D eigenvalue weighted by molar-refractivity contribution is 0.0555. The molecule has 0 aliphatic carbocycles. The lowest BCUT2D eigenvalue weighted by atomic mass is 10.1. The minimum absolute atomic E-state index is 0.0709. The standard InChI is InChI=1S/C15H16O5/c1-18-12-6-4-3-5-10(12)9-11(16)13-7-8-14(20-13)15(17)19-2/h3-8,11,16H,9H2,1-2H3. The number of rotatable bonds is 5. The van der Waals surface area contributed by atoms with Crippen LogP contribution in [0.15, 0.2) is 40.8 Å². The summed E-state index contributed by atoms with van der Waals surface area (Å²) in [5.41, 5.74) is 0.860. The van der Waals surface area contributed by atoms with E-state index in [1.165, 1.54) is 13.2 Å².